The maximum Gasteiger partial charge on any atom is 0.0859 e. The van der Waals surface area contributed by atoms with Crippen molar-refractivity contribution in [2.45, 2.75) is 39.4 Å². The lowest BCUT2D eigenvalue weighted by Crippen LogP contribution is -2.35. The van der Waals surface area contributed by atoms with E-state index in [0.717, 1.165) is 10.0 Å². The molecule has 1 N–H and O–H groups in total. The molecule has 2 unspecified atom stereocenters. The minimum Gasteiger partial charge on any atom is -0.390 e. The highest BCUT2D eigenvalue weighted by Crippen LogP contribution is 2.17. The summed E-state index contributed by atoms with van der Waals surface area (Å²) in [6.45, 7) is 6.69. The Labute approximate surface area is 111 Å². The van der Waals surface area contributed by atoms with E-state index in [0.29, 0.717) is 18.9 Å². The number of pyridine rings is 1. The minimum absolute atomic E-state index is 0.126. The van der Waals surface area contributed by atoms with E-state index in [-0.39, 0.29) is 6.10 Å². The fraction of sp³-hybridized carbons (Fsp3) is 0.615. The molecule has 96 valence electrons. The summed E-state index contributed by atoms with van der Waals surface area (Å²) in [6, 6.07) is 1.97. The maximum atomic E-state index is 10.2. The SMILES string of the molecule is CCOC(C(C)C)C(O)Cc1cncc(Br)c1. The lowest BCUT2D eigenvalue weighted by atomic mass is 9.97. The number of hydrogen-bond donors (Lipinski definition) is 1. The van der Waals surface area contributed by atoms with Crippen LogP contribution in [0.1, 0.15) is 26.3 Å². The Morgan fingerprint density at radius 1 is 1.41 bits per heavy atom. The second-order valence-corrected chi connectivity index (χ2v) is 5.36. The molecule has 0 bridgehead atoms. The lowest BCUT2D eigenvalue weighted by Gasteiger charge is -2.26. The number of nitrogens with zero attached hydrogens (tertiary/aromatic N) is 1. The van der Waals surface area contributed by atoms with Gasteiger partial charge in [0.2, 0.25) is 0 Å². The van der Waals surface area contributed by atoms with Gasteiger partial charge in [-0.3, -0.25) is 4.98 Å². The van der Waals surface area contributed by atoms with Crippen molar-refractivity contribution < 1.29 is 9.84 Å². The summed E-state index contributed by atoms with van der Waals surface area (Å²) in [5, 5.41) is 10.2. The van der Waals surface area contributed by atoms with Crippen LogP contribution in [0.15, 0.2) is 22.9 Å². The lowest BCUT2D eigenvalue weighted by molar-refractivity contribution is -0.0562. The van der Waals surface area contributed by atoms with Crippen molar-refractivity contribution in [3.05, 3.63) is 28.5 Å². The molecule has 0 aromatic carbocycles. The first-order valence-electron chi connectivity index (χ1n) is 5.93. The molecule has 0 saturated carbocycles. The average Bonchev–Trinajstić information content (AvgIpc) is 2.25. The van der Waals surface area contributed by atoms with E-state index in [1.807, 2.05) is 13.0 Å². The molecule has 2 atom stereocenters. The zero-order valence-electron chi connectivity index (χ0n) is 10.6. The maximum absolute atomic E-state index is 10.2. The fourth-order valence-electron chi connectivity index (χ4n) is 1.87. The van der Waals surface area contributed by atoms with Crippen LogP contribution in [0.2, 0.25) is 0 Å². The predicted octanol–water partition coefficient (Wildman–Crippen LogP) is 2.81. The van der Waals surface area contributed by atoms with Gasteiger partial charge in [-0.05, 0) is 40.4 Å². The molecular weight excluding hydrogens is 282 g/mol. The van der Waals surface area contributed by atoms with E-state index in [9.17, 15) is 5.11 Å². The van der Waals surface area contributed by atoms with Gasteiger partial charge in [-0.2, -0.15) is 0 Å². The number of halogens is 1. The highest BCUT2D eigenvalue weighted by molar-refractivity contribution is 9.10. The second kappa shape index (κ2) is 7.09. The van der Waals surface area contributed by atoms with Gasteiger partial charge < -0.3 is 9.84 Å². The molecule has 1 aromatic heterocycles. The zero-order valence-corrected chi connectivity index (χ0v) is 12.1. The standard InChI is InChI=1S/C13H20BrNO2/c1-4-17-13(9(2)3)12(16)6-10-5-11(14)8-15-7-10/h5,7-9,12-13,16H,4,6H2,1-3H3. The second-order valence-electron chi connectivity index (χ2n) is 4.45. The van der Waals surface area contributed by atoms with Gasteiger partial charge in [-0.25, -0.2) is 0 Å². The molecule has 1 heterocycles. The molecule has 0 aliphatic carbocycles. The number of aliphatic hydroxyl groups excluding tert-OH is 1. The number of rotatable bonds is 6. The summed E-state index contributed by atoms with van der Waals surface area (Å²) < 4.78 is 6.52. The average molecular weight is 302 g/mol. The smallest absolute Gasteiger partial charge is 0.0859 e. The number of hydrogen-bond acceptors (Lipinski definition) is 3. The van der Waals surface area contributed by atoms with E-state index in [1.54, 1.807) is 12.4 Å². The normalized spacial score (nSPS) is 14.9. The third-order valence-corrected chi connectivity index (χ3v) is 3.04. The van der Waals surface area contributed by atoms with Crippen molar-refractivity contribution in [3.8, 4) is 0 Å². The van der Waals surface area contributed by atoms with Gasteiger partial charge >= 0.3 is 0 Å². The molecule has 1 rings (SSSR count). The Morgan fingerprint density at radius 2 is 2.12 bits per heavy atom. The third-order valence-electron chi connectivity index (χ3n) is 2.60. The first-order chi connectivity index (χ1) is 8.04. The van der Waals surface area contributed by atoms with Crippen molar-refractivity contribution in [2.24, 2.45) is 5.92 Å². The molecule has 0 aliphatic heterocycles. The molecular formula is C13H20BrNO2. The van der Waals surface area contributed by atoms with Crippen LogP contribution in [0.3, 0.4) is 0 Å². The Hall–Kier alpha value is -0.450. The van der Waals surface area contributed by atoms with Gasteiger partial charge in [0, 0.05) is 29.9 Å². The quantitative estimate of drug-likeness (QED) is 0.878. The number of ether oxygens (including phenoxy) is 1. The molecule has 1 aromatic rings. The van der Waals surface area contributed by atoms with Crippen LogP contribution in [0.4, 0.5) is 0 Å². The van der Waals surface area contributed by atoms with Gasteiger partial charge in [0.25, 0.3) is 0 Å². The molecule has 17 heavy (non-hydrogen) atoms. The molecule has 3 nitrogen and oxygen atoms in total. The van der Waals surface area contributed by atoms with E-state index in [2.05, 4.69) is 34.8 Å². The van der Waals surface area contributed by atoms with Crippen LogP contribution < -0.4 is 0 Å². The molecule has 0 aliphatic rings. The van der Waals surface area contributed by atoms with Gasteiger partial charge in [-0.15, -0.1) is 0 Å². The highest BCUT2D eigenvalue weighted by atomic mass is 79.9. The first-order valence-corrected chi connectivity index (χ1v) is 6.73. The number of aromatic nitrogens is 1. The molecule has 0 amide bonds. The van der Waals surface area contributed by atoms with Gasteiger partial charge in [0.1, 0.15) is 0 Å². The fourth-order valence-corrected chi connectivity index (χ4v) is 2.28. The Bertz CT molecular complexity index is 344. The van der Waals surface area contributed by atoms with Gasteiger partial charge in [0.05, 0.1) is 12.2 Å². The van der Waals surface area contributed by atoms with Crippen LogP contribution in [0, 0.1) is 5.92 Å². The van der Waals surface area contributed by atoms with E-state index < -0.39 is 6.10 Å². The molecule has 0 saturated heterocycles. The summed E-state index contributed by atoms with van der Waals surface area (Å²) >= 11 is 3.37. The van der Waals surface area contributed by atoms with Crippen LogP contribution in [-0.2, 0) is 11.2 Å². The van der Waals surface area contributed by atoms with Crippen LogP contribution in [-0.4, -0.2) is 28.9 Å². The predicted molar refractivity (Wildman–Crippen MR) is 71.9 cm³/mol. The summed E-state index contributed by atoms with van der Waals surface area (Å²) in [5.74, 6) is 0.296. The summed E-state index contributed by atoms with van der Waals surface area (Å²) in [7, 11) is 0. The van der Waals surface area contributed by atoms with E-state index >= 15 is 0 Å². The Morgan fingerprint density at radius 3 is 2.65 bits per heavy atom. The van der Waals surface area contributed by atoms with Crippen molar-refractivity contribution >= 4 is 15.9 Å². The Kier molecular flexibility index (Phi) is 6.09. The molecule has 0 fully saturated rings. The van der Waals surface area contributed by atoms with Crippen LogP contribution in [0.5, 0.6) is 0 Å². The van der Waals surface area contributed by atoms with Crippen molar-refractivity contribution in [1.82, 2.24) is 4.98 Å². The monoisotopic (exact) mass is 301 g/mol. The molecule has 0 radical (unpaired) electrons. The molecule has 4 heteroatoms. The highest BCUT2D eigenvalue weighted by Gasteiger charge is 2.23. The van der Waals surface area contributed by atoms with Crippen molar-refractivity contribution in [1.29, 1.82) is 0 Å². The zero-order chi connectivity index (χ0) is 12.8. The van der Waals surface area contributed by atoms with Crippen molar-refractivity contribution in [3.63, 3.8) is 0 Å². The molecule has 0 spiro atoms. The Balaban J connectivity index is 2.66. The van der Waals surface area contributed by atoms with Crippen LogP contribution >= 0.6 is 15.9 Å². The van der Waals surface area contributed by atoms with Crippen LogP contribution in [0.25, 0.3) is 0 Å². The summed E-state index contributed by atoms with van der Waals surface area (Å²) in [4.78, 5) is 4.09. The van der Waals surface area contributed by atoms with Gasteiger partial charge in [-0.1, -0.05) is 13.8 Å². The first kappa shape index (κ1) is 14.6. The number of aliphatic hydroxyl groups is 1. The third kappa shape index (κ3) is 4.74. The summed E-state index contributed by atoms with van der Waals surface area (Å²) in [5.41, 5.74) is 1.01. The van der Waals surface area contributed by atoms with E-state index in [1.165, 1.54) is 0 Å². The largest absolute Gasteiger partial charge is 0.390 e. The summed E-state index contributed by atoms with van der Waals surface area (Å²) in [6.07, 6.45) is 3.45. The minimum atomic E-state index is -0.494. The van der Waals surface area contributed by atoms with Gasteiger partial charge in [0.15, 0.2) is 0 Å². The van der Waals surface area contributed by atoms with Crippen molar-refractivity contribution in [2.75, 3.05) is 6.61 Å². The topological polar surface area (TPSA) is 42.4 Å². The van der Waals surface area contributed by atoms with E-state index in [4.69, 9.17) is 4.74 Å².